The lowest BCUT2D eigenvalue weighted by Crippen LogP contribution is -2.11. The SMILES string of the molecule is CCCC1C=CC=C/C1=N/C. The fourth-order valence-electron chi connectivity index (χ4n) is 1.37. The first-order valence-electron chi connectivity index (χ1n) is 4.20. The predicted molar refractivity (Wildman–Crippen MR) is 50.0 cm³/mol. The Balaban J connectivity index is 2.63. The lowest BCUT2D eigenvalue weighted by atomic mass is 9.94. The lowest BCUT2D eigenvalue weighted by molar-refractivity contribution is 0.720. The number of aliphatic imine (C=N–C) groups is 1. The minimum atomic E-state index is 0.565. The molecule has 0 spiro atoms. The molecular weight excluding hydrogens is 134 g/mol. The monoisotopic (exact) mass is 149 g/mol. The van der Waals surface area contributed by atoms with Crippen molar-refractivity contribution in [3.8, 4) is 0 Å². The molecule has 0 saturated carbocycles. The van der Waals surface area contributed by atoms with Gasteiger partial charge in [-0.2, -0.15) is 0 Å². The molecule has 0 heterocycles. The number of hydrogen-bond donors (Lipinski definition) is 0. The molecule has 0 aliphatic heterocycles. The second-order valence-electron chi connectivity index (χ2n) is 2.79. The number of allylic oxidation sites excluding steroid dienone is 4. The van der Waals surface area contributed by atoms with Crippen molar-refractivity contribution in [2.24, 2.45) is 10.9 Å². The van der Waals surface area contributed by atoms with Gasteiger partial charge in [0, 0.05) is 18.7 Å². The van der Waals surface area contributed by atoms with Crippen LogP contribution >= 0.6 is 0 Å². The van der Waals surface area contributed by atoms with E-state index in [1.165, 1.54) is 18.6 Å². The smallest absolute Gasteiger partial charge is 0.0413 e. The topological polar surface area (TPSA) is 12.4 Å². The number of hydrogen-bond acceptors (Lipinski definition) is 1. The van der Waals surface area contributed by atoms with Crippen LogP contribution in [-0.4, -0.2) is 12.8 Å². The molecule has 11 heavy (non-hydrogen) atoms. The first-order valence-corrected chi connectivity index (χ1v) is 4.20. The van der Waals surface area contributed by atoms with Crippen LogP contribution in [0.1, 0.15) is 19.8 Å². The lowest BCUT2D eigenvalue weighted by Gasteiger charge is -2.13. The maximum atomic E-state index is 4.23. The molecule has 0 saturated heterocycles. The highest BCUT2D eigenvalue weighted by Gasteiger charge is 2.09. The molecule has 0 aromatic heterocycles. The van der Waals surface area contributed by atoms with Gasteiger partial charge in [-0.1, -0.05) is 31.6 Å². The highest BCUT2D eigenvalue weighted by molar-refractivity contribution is 5.99. The van der Waals surface area contributed by atoms with Crippen molar-refractivity contribution < 1.29 is 0 Å². The largest absolute Gasteiger partial charge is 0.292 e. The summed E-state index contributed by atoms with van der Waals surface area (Å²) in [7, 11) is 1.86. The van der Waals surface area contributed by atoms with Crippen LogP contribution in [0.25, 0.3) is 0 Å². The van der Waals surface area contributed by atoms with Crippen LogP contribution in [-0.2, 0) is 0 Å². The zero-order valence-corrected chi connectivity index (χ0v) is 7.25. The summed E-state index contributed by atoms with van der Waals surface area (Å²) in [6, 6.07) is 0. The van der Waals surface area contributed by atoms with E-state index in [0.29, 0.717) is 5.92 Å². The van der Waals surface area contributed by atoms with E-state index in [-0.39, 0.29) is 0 Å². The molecule has 0 fully saturated rings. The summed E-state index contributed by atoms with van der Waals surface area (Å²) in [5.74, 6) is 0.565. The molecule has 0 radical (unpaired) electrons. The molecule has 0 amide bonds. The highest BCUT2D eigenvalue weighted by Crippen LogP contribution is 2.14. The Morgan fingerprint density at radius 2 is 2.27 bits per heavy atom. The van der Waals surface area contributed by atoms with Gasteiger partial charge < -0.3 is 0 Å². The average Bonchev–Trinajstić information content (AvgIpc) is 2.06. The van der Waals surface area contributed by atoms with Gasteiger partial charge in [-0.25, -0.2) is 0 Å². The van der Waals surface area contributed by atoms with Gasteiger partial charge in [0.25, 0.3) is 0 Å². The zero-order chi connectivity index (χ0) is 8.10. The zero-order valence-electron chi connectivity index (χ0n) is 7.25. The number of nitrogens with zero attached hydrogens (tertiary/aromatic N) is 1. The second-order valence-corrected chi connectivity index (χ2v) is 2.79. The molecule has 1 aliphatic rings. The van der Waals surface area contributed by atoms with Gasteiger partial charge in [0.2, 0.25) is 0 Å². The Labute approximate surface area is 68.5 Å². The van der Waals surface area contributed by atoms with Gasteiger partial charge >= 0.3 is 0 Å². The van der Waals surface area contributed by atoms with Crippen molar-refractivity contribution in [3.63, 3.8) is 0 Å². The molecule has 0 bridgehead atoms. The van der Waals surface area contributed by atoms with Crippen LogP contribution in [0, 0.1) is 5.92 Å². The molecule has 1 atom stereocenters. The highest BCUT2D eigenvalue weighted by atomic mass is 14.7. The maximum Gasteiger partial charge on any atom is 0.0413 e. The molecule has 1 rings (SSSR count). The van der Waals surface area contributed by atoms with E-state index in [9.17, 15) is 0 Å². The first kappa shape index (κ1) is 8.25. The minimum absolute atomic E-state index is 0.565. The van der Waals surface area contributed by atoms with Crippen molar-refractivity contribution >= 4 is 5.71 Å². The third-order valence-corrected chi connectivity index (χ3v) is 1.96. The van der Waals surface area contributed by atoms with Crippen LogP contribution in [0.15, 0.2) is 29.3 Å². The summed E-state index contributed by atoms with van der Waals surface area (Å²) < 4.78 is 0. The van der Waals surface area contributed by atoms with E-state index in [4.69, 9.17) is 0 Å². The molecule has 1 unspecified atom stereocenters. The van der Waals surface area contributed by atoms with E-state index < -0.39 is 0 Å². The van der Waals surface area contributed by atoms with E-state index >= 15 is 0 Å². The Kier molecular flexibility index (Phi) is 3.09. The predicted octanol–water partition coefficient (Wildman–Crippen LogP) is 2.60. The number of rotatable bonds is 2. The molecule has 0 aromatic rings. The van der Waals surface area contributed by atoms with Crippen LogP contribution in [0.2, 0.25) is 0 Å². The van der Waals surface area contributed by atoms with Crippen molar-refractivity contribution in [3.05, 3.63) is 24.3 Å². The fraction of sp³-hybridized carbons (Fsp3) is 0.500. The third-order valence-electron chi connectivity index (χ3n) is 1.96. The summed E-state index contributed by atoms with van der Waals surface area (Å²) in [5.41, 5.74) is 1.22. The summed E-state index contributed by atoms with van der Waals surface area (Å²) in [6.07, 6.45) is 10.9. The van der Waals surface area contributed by atoms with E-state index in [0.717, 1.165) is 0 Å². The van der Waals surface area contributed by atoms with Gasteiger partial charge in [0.05, 0.1) is 0 Å². The first-order chi connectivity index (χ1) is 5.38. The standard InChI is InChI=1S/C10H15N/c1-3-6-9-7-4-5-8-10(9)11-2/h4-5,7-9H,3,6H2,1-2H3/b11-10-. The Morgan fingerprint density at radius 1 is 1.45 bits per heavy atom. The normalized spacial score (nSPS) is 26.4. The quantitative estimate of drug-likeness (QED) is 0.572. The second kappa shape index (κ2) is 4.12. The van der Waals surface area contributed by atoms with Crippen LogP contribution in [0.4, 0.5) is 0 Å². The van der Waals surface area contributed by atoms with Gasteiger partial charge in [-0.3, -0.25) is 4.99 Å². The summed E-state index contributed by atoms with van der Waals surface area (Å²) >= 11 is 0. The minimum Gasteiger partial charge on any atom is -0.292 e. The van der Waals surface area contributed by atoms with E-state index in [2.05, 4.69) is 36.2 Å². The van der Waals surface area contributed by atoms with Crippen LogP contribution in [0.5, 0.6) is 0 Å². The van der Waals surface area contributed by atoms with Gasteiger partial charge in [0.1, 0.15) is 0 Å². The Hall–Kier alpha value is -0.850. The van der Waals surface area contributed by atoms with Crippen molar-refractivity contribution in [2.45, 2.75) is 19.8 Å². The summed E-state index contributed by atoms with van der Waals surface area (Å²) in [6.45, 7) is 2.21. The molecule has 1 aliphatic carbocycles. The molecule has 0 N–H and O–H groups in total. The molecule has 0 aromatic carbocycles. The van der Waals surface area contributed by atoms with Crippen molar-refractivity contribution in [1.82, 2.24) is 0 Å². The van der Waals surface area contributed by atoms with Crippen molar-refractivity contribution in [1.29, 1.82) is 0 Å². The average molecular weight is 149 g/mol. The Morgan fingerprint density at radius 3 is 2.91 bits per heavy atom. The van der Waals surface area contributed by atoms with Gasteiger partial charge in [-0.05, 0) is 12.5 Å². The van der Waals surface area contributed by atoms with Crippen LogP contribution in [0.3, 0.4) is 0 Å². The summed E-state index contributed by atoms with van der Waals surface area (Å²) in [5, 5.41) is 0. The maximum absolute atomic E-state index is 4.23. The molecule has 1 nitrogen and oxygen atoms in total. The fourth-order valence-corrected chi connectivity index (χ4v) is 1.37. The molecule has 1 heteroatoms. The molecular formula is C10H15N. The van der Waals surface area contributed by atoms with E-state index in [1.54, 1.807) is 0 Å². The van der Waals surface area contributed by atoms with Crippen LogP contribution < -0.4 is 0 Å². The molecule has 60 valence electrons. The third kappa shape index (κ3) is 2.04. The summed E-state index contributed by atoms with van der Waals surface area (Å²) in [4.78, 5) is 4.23. The van der Waals surface area contributed by atoms with Crippen molar-refractivity contribution in [2.75, 3.05) is 7.05 Å². The Bertz CT molecular complexity index is 199. The van der Waals surface area contributed by atoms with E-state index in [1.807, 2.05) is 7.05 Å². The van der Waals surface area contributed by atoms with Gasteiger partial charge in [-0.15, -0.1) is 0 Å². The van der Waals surface area contributed by atoms with Gasteiger partial charge in [0.15, 0.2) is 0 Å².